The van der Waals surface area contributed by atoms with Gasteiger partial charge >= 0.3 is 0 Å². The third kappa shape index (κ3) is 2.75. The molecule has 0 aliphatic heterocycles. The summed E-state index contributed by atoms with van der Waals surface area (Å²) in [5.74, 6) is 0. The third-order valence-electron chi connectivity index (χ3n) is 2.48. The van der Waals surface area contributed by atoms with E-state index in [0.717, 1.165) is 13.0 Å². The molecule has 0 bridgehead atoms. The van der Waals surface area contributed by atoms with E-state index in [-0.39, 0.29) is 0 Å². The summed E-state index contributed by atoms with van der Waals surface area (Å²) in [6.07, 6.45) is 4.53. The Morgan fingerprint density at radius 1 is 1.50 bits per heavy atom. The molecule has 2 aromatic heterocycles. The van der Waals surface area contributed by atoms with E-state index in [2.05, 4.69) is 39.6 Å². The fourth-order valence-corrected chi connectivity index (χ4v) is 3.24. The minimum absolute atomic E-state index is 0.332. The first-order valence-electron chi connectivity index (χ1n) is 5.28. The highest BCUT2D eigenvalue weighted by Gasteiger charge is 2.14. The van der Waals surface area contributed by atoms with Gasteiger partial charge in [0.05, 0.1) is 12.5 Å². The Kier molecular flexibility index (Phi) is 4.21. The lowest BCUT2D eigenvalue weighted by atomic mass is 10.1. The van der Waals surface area contributed by atoms with Gasteiger partial charge in [0.15, 0.2) is 0 Å². The van der Waals surface area contributed by atoms with Gasteiger partial charge in [0.1, 0.15) is 0 Å². The highest BCUT2D eigenvalue weighted by Crippen LogP contribution is 2.28. The van der Waals surface area contributed by atoms with Crippen LogP contribution in [0.5, 0.6) is 0 Å². The van der Waals surface area contributed by atoms with Gasteiger partial charge < -0.3 is 9.73 Å². The van der Waals surface area contributed by atoms with Crippen molar-refractivity contribution in [3.63, 3.8) is 0 Å². The molecule has 0 aliphatic rings. The van der Waals surface area contributed by atoms with Crippen LogP contribution in [-0.4, -0.2) is 6.54 Å². The summed E-state index contributed by atoms with van der Waals surface area (Å²) in [4.78, 5) is 1.37. The predicted octanol–water partition coefficient (Wildman–Crippen LogP) is 4.00. The van der Waals surface area contributed by atoms with Gasteiger partial charge in [0, 0.05) is 27.4 Å². The van der Waals surface area contributed by atoms with Crippen molar-refractivity contribution < 1.29 is 4.42 Å². The number of hydrogen-bond acceptors (Lipinski definition) is 3. The smallest absolute Gasteiger partial charge is 0.0950 e. The normalized spacial score (nSPS) is 12.9. The summed E-state index contributed by atoms with van der Waals surface area (Å²) < 4.78 is 6.34. The van der Waals surface area contributed by atoms with Gasteiger partial charge in [-0.3, -0.25) is 0 Å². The van der Waals surface area contributed by atoms with Crippen molar-refractivity contribution in [3.05, 3.63) is 45.0 Å². The third-order valence-corrected chi connectivity index (χ3v) is 4.43. The molecule has 0 saturated carbocycles. The van der Waals surface area contributed by atoms with Crippen LogP contribution >= 0.6 is 27.3 Å². The fourth-order valence-electron chi connectivity index (χ4n) is 1.68. The van der Waals surface area contributed by atoms with E-state index in [1.54, 1.807) is 17.6 Å². The maximum atomic E-state index is 5.14. The van der Waals surface area contributed by atoms with Crippen molar-refractivity contribution in [1.29, 1.82) is 0 Å². The monoisotopic (exact) mass is 299 g/mol. The Morgan fingerprint density at radius 2 is 2.38 bits per heavy atom. The lowest BCUT2D eigenvalue weighted by molar-refractivity contribution is 0.526. The quantitative estimate of drug-likeness (QED) is 0.903. The van der Waals surface area contributed by atoms with Gasteiger partial charge in [-0.25, -0.2) is 0 Å². The van der Waals surface area contributed by atoms with Gasteiger partial charge in [0.25, 0.3) is 0 Å². The van der Waals surface area contributed by atoms with Crippen LogP contribution in [0.25, 0.3) is 0 Å². The van der Waals surface area contributed by atoms with Crippen molar-refractivity contribution in [2.24, 2.45) is 0 Å². The van der Waals surface area contributed by atoms with E-state index < -0.39 is 0 Å². The SMILES string of the molecule is CCNC(Cc1sccc1Br)c1ccoc1. The lowest BCUT2D eigenvalue weighted by Crippen LogP contribution is -2.22. The van der Waals surface area contributed by atoms with Crippen molar-refractivity contribution >= 4 is 27.3 Å². The molecule has 0 fully saturated rings. The molecule has 1 unspecified atom stereocenters. The summed E-state index contributed by atoms with van der Waals surface area (Å²) in [5.41, 5.74) is 1.21. The predicted molar refractivity (Wildman–Crippen MR) is 70.8 cm³/mol. The second kappa shape index (κ2) is 5.66. The molecule has 0 aromatic carbocycles. The Hall–Kier alpha value is -0.580. The molecule has 0 amide bonds. The molecule has 86 valence electrons. The Balaban J connectivity index is 2.12. The van der Waals surface area contributed by atoms with Gasteiger partial charge in [-0.1, -0.05) is 6.92 Å². The summed E-state index contributed by atoms with van der Waals surface area (Å²) in [5, 5.41) is 5.59. The van der Waals surface area contributed by atoms with Gasteiger partial charge in [-0.05, 0) is 40.0 Å². The molecular formula is C12H14BrNOS. The van der Waals surface area contributed by atoms with E-state index in [0.29, 0.717) is 6.04 Å². The Bertz CT molecular complexity index is 424. The average Bonchev–Trinajstić information content (AvgIpc) is 2.90. The number of thiophene rings is 1. The number of hydrogen-bond donors (Lipinski definition) is 1. The fraction of sp³-hybridized carbons (Fsp3) is 0.333. The van der Waals surface area contributed by atoms with Crippen LogP contribution in [0.3, 0.4) is 0 Å². The van der Waals surface area contributed by atoms with E-state index in [1.807, 2.05) is 12.3 Å². The van der Waals surface area contributed by atoms with Crippen LogP contribution in [0.1, 0.15) is 23.4 Å². The van der Waals surface area contributed by atoms with E-state index in [4.69, 9.17) is 4.42 Å². The standard InChI is InChI=1S/C12H14BrNOS/c1-2-14-11(9-3-5-15-8-9)7-12-10(13)4-6-16-12/h3-6,8,11,14H,2,7H2,1H3. The molecule has 2 nitrogen and oxygen atoms in total. The number of furan rings is 1. The highest BCUT2D eigenvalue weighted by atomic mass is 79.9. The summed E-state index contributed by atoms with van der Waals surface area (Å²) in [6.45, 7) is 3.08. The molecule has 1 atom stereocenters. The van der Waals surface area contributed by atoms with E-state index in [9.17, 15) is 0 Å². The van der Waals surface area contributed by atoms with Crippen LogP contribution in [0.15, 0.2) is 38.9 Å². The Morgan fingerprint density at radius 3 is 2.94 bits per heavy atom. The van der Waals surface area contributed by atoms with Gasteiger partial charge in [-0.2, -0.15) is 0 Å². The zero-order valence-electron chi connectivity index (χ0n) is 9.07. The number of nitrogens with one attached hydrogen (secondary N) is 1. The largest absolute Gasteiger partial charge is 0.472 e. The van der Waals surface area contributed by atoms with Crippen molar-refractivity contribution in [2.75, 3.05) is 6.54 Å². The summed E-state index contributed by atoms with van der Waals surface area (Å²) in [7, 11) is 0. The first-order chi connectivity index (χ1) is 7.81. The molecule has 2 heterocycles. The second-order valence-electron chi connectivity index (χ2n) is 3.56. The molecule has 0 radical (unpaired) electrons. The maximum absolute atomic E-state index is 5.14. The Labute approximate surface area is 108 Å². The molecular weight excluding hydrogens is 286 g/mol. The zero-order chi connectivity index (χ0) is 11.4. The van der Waals surface area contributed by atoms with Crippen LogP contribution in [0.2, 0.25) is 0 Å². The molecule has 4 heteroatoms. The molecule has 0 spiro atoms. The molecule has 16 heavy (non-hydrogen) atoms. The van der Waals surface area contributed by atoms with E-state index >= 15 is 0 Å². The maximum Gasteiger partial charge on any atom is 0.0950 e. The highest BCUT2D eigenvalue weighted by molar-refractivity contribution is 9.10. The van der Waals surface area contributed by atoms with Gasteiger partial charge in [-0.15, -0.1) is 11.3 Å². The first-order valence-corrected chi connectivity index (χ1v) is 6.96. The number of halogens is 1. The van der Waals surface area contributed by atoms with Gasteiger partial charge in [0.2, 0.25) is 0 Å². The van der Waals surface area contributed by atoms with Crippen LogP contribution in [-0.2, 0) is 6.42 Å². The summed E-state index contributed by atoms with van der Waals surface area (Å²) >= 11 is 5.35. The average molecular weight is 300 g/mol. The molecule has 2 aromatic rings. The first kappa shape index (κ1) is 11.9. The minimum atomic E-state index is 0.332. The minimum Gasteiger partial charge on any atom is -0.472 e. The van der Waals surface area contributed by atoms with E-state index in [1.165, 1.54) is 14.9 Å². The van der Waals surface area contributed by atoms with Crippen molar-refractivity contribution in [2.45, 2.75) is 19.4 Å². The zero-order valence-corrected chi connectivity index (χ0v) is 11.5. The van der Waals surface area contributed by atoms with Crippen molar-refractivity contribution in [1.82, 2.24) is 5.32 Å². The van der Waals surface area contributed by atoms with Crippen molar-refractivity contribution in [3.8, 4) is 0 Å². The molecule has 2 rings (SSSR count). The topological polar surface area (TPSA) is 25.2 Å². The lowest BCUT2D eigenvalue weighted by Gasteiger charge is -2.15. The number of rotatable bonds is 5. The molecule has 0 aliphatic carbocycles. The number of likely N-dealkylation sites (N-methyl/N-ethyl adjacent to an activating group) is 1. The van der Waals surface area contributed by atoms with Crippen LogP contribution < -0.4 is 5.32 Å². The molecule has 1 N–H and O–H groups in total. The molecule has 0 saturated heterocycles. The second-order valence-corrected chi connectivity index (χ2v) is 5.42. The van der Waals surface area contributed by atoms with Crippen LogP contribution in [0.4, 0.5) is 0 Å². The van der Waals surface area contributed by atoms with Crippen LogP contribution in [0, 0.1) is 0 Å². The summed E-state index contributed by atoms with van der Waals surface area (Å²) in [6, 6.07) is 4.45.